The summed E-state index contributed by atoms with van der Waals surface area (Å²) in [5.74, 6) is 1.19. The number of carbonyl (C=O) groups is 2. The van der Waals surface area contributed by atoms with Crippen LogP contribution >= 0.6 is 0 Å². The number of unbranched alkanes of at least 4 members (excludes halogenated alkanes) is 2. The number of benzene rings is 1. The van der Waals surface area contributed by atoms with Crippen LogP contribution in [0, 0.1) is 11.8 Å². The molecular weight excluding hydrogens is 366 g/mol. The number of primary amides is 1. The smallest absolute Gasteiger partial charge is 0.251 e. The van der Waals surface area contributed by atoms with Gasteiger partial charge < -0.3 is 16.0 Å². The number of carbonyl (C=O) groups excluding carboxylic acids is 2. The topological polar surface area (TPSA) is 101 Å². The number of hydrogen-bond acceptors (Lipinski definition) is 5. The Morgan fingerprint density at radius 2 is 1.72 bits per heavy atom. The van der Waals surface area contributed by atoms with Crippen molar-refractivity contribution in [2.24, 2.45) is 17.6 Å². The van der Waals surface area contributed by atoms with Crippen LogP contribution in [0.15, 0.2) is 42.7 Å². The van der Waals surface area contributed by atoms with Crippen LogP contribution in [0.3, 0.4) is 0 Å². The second-order valence-electron chi connectivity index (χ2n) is 8.01. The minimum Gasteiger partial charge on any atom is -0.366 e. The number of nitrogens with two attached hydrogens (primary N) is 1. The molecule has 4 rings (SSSR count). The normalized spacial score (nSPS) is 22.2. The lowest BCUT2D eigenvalue weighted by molar-refractivity contribution is -0.121. The Morgan fingerprint density at radius 1 is 1.03 bits per heavy atom. The molecule has 1 aliphatic heterocycles. The van der Waals surface area contributed by atoms with E-state index in [1.807, 2.05) is 6.07 Å². The second-order valence-corrected chi connectivity index (χ2v) is 8.01. The van der Waals surface area contributed by atoms with E-state index in [4.69, 9.17) is 5.73 Å². The maximum atomic E-state index is 12.2. The van der Waals surface area contributed by atoms with E-state index in [1.54, 1.807) is 0 Å². The summed E-state index contributed by atoms with van der Waals surface area (Å²) in [4.78, 5) is 33.9. The SMILES string of the molecule is NC(=O)c1cnc(N2CC3C(C2)C3NC(=O)CCCCCc2ccccc2)nc1. The molecule has 0 bridgehead atoms. The van der Waals surface area contributed by atoms with Gasteiger partial charge in [0.25, 0.3) is 5.91 Å². The van der Waals surface area contributed by atoms with Crippen LogP contribution in [0.2, 0.25) is 0 Å². The number of piperidine rings is 1. The van der Waals surface area contributed by atoms with E-state index in [9.17, 15) is 9.59 Å². The third-order valence-electron chi connectivity index (χ3n) is 5.94. The quantitative estimate of drug-likeness (QED) is 0.634. The van der Waals surface area contributed by atoms with Crippen LogP contribution in [0.1, 0.15) is 41.6 Å². The lowest BCUT2D eigenvalue weighted by atomic mass is 10.1. The van der Waals surface area contributed by atoms with Crippen molar-refractivity contribution < 1.29 is 9.59 Å². The van der Waals surface area contributed by atoms with Gasteiger partial charge >= 0.3 is 0 Å². The molecule has 152 valence electrons. The Balaban J connectivity index is 1.12. The van der Waals surface area contributed by atoms with Gasteiger partial charge in [-0.05, 0) is 24.8 Å². The minimum absolute atomic E-state index is 0.165. The third kappa shape index (κ3) is 4.72. The number of anilines is 1. The molecule has 1 saturated carbocycles. The average Bonchev–Trinajstić information content (AvgIpc) is 3.16. The molecule has 2 unspecified atom stereocenters. The molecule has 2 fully saturated rings. The van der Waals surface area contributed by atoms with Gasteiger partial charge in [0.1, 0.15) is 0 Å². The monoisotopic (exact) mass is 393 g/mol. The van der Waals surface area contributed by atoms with Gasteiger partial charge in [0, 0.05) is 49.8 Å². The van der Waals surface area contributed by atoms with E-state index in [2.05, 4.69) is 44.5 Å². The van der Waals surface area contributed by atoms with Gasteiger partial charge in [0.2, 0.25) is 11.9 Å². The van der Waals surface area contributed by atoms with Crippen LogP contribution in [-0.2, 0) is 11.2 Å². The van der Waals surface area contributed by atoms with Gasteiger partial charge in [-0.1, -0.05) is 36.8 Å². The highest BCUT2D eigenvalue weighted by molar-refractivity contribution is 5.92. The van der Waals surface area contributed by atoms with Crippen LogP contribution in [0.4, 0.5) is 5.95 Å². The van der Waals surface area contributed by atoms with Gasteiger partial charge in [0.05, 0.1) is 5.56 Å². The first-order chi connectivity index (χ1) is 14.1. The molecule has 2 aliphatic rings. The standard InChI is InChI=1S/C22H27N5O2/c23-21(29)16-11-24-22(25-12-16)27-13-17-18(14-27)20(17)26-19(28)10-6-2-5-9-15-7-3-1-4-8-15/h1,3-4,7-8,11-12,17-18,20H,2,5-6,9-10,13-14H2,(H2,23,29)(H,26,28). The largest absolute Gasteiger partial charge is 0.366 e. The van der Waals surface area contributed by atoms with Crippen molar-refractivity contribution in [1.82, 2.24) is 15.3 Å². The maximum Gasteiger partial charge on any atom is 0.251 e. The average molecular weight is 393 g/mol. The second kappa shape index (κ2) is 8.59. The Labute approximate surface area is 170 Å². The molecule has 2 atom stereocenters. The third-order valence-corrected chi connectivity index (χ3v) is 5.94. The number of hydrogen-bond donors (Lipinski definition) is 2. The van der Waals surface area contributed by atoms with Gasteiger partial charge in [-0.3, -0.25) is 9.59 Å². The fourth-order valence-electron chi connectivity index (χ4n) is 4.21. The maximum absolute atomic E-state index is 12.2. The van der Waals surface area contributed by atoms with Crippen LogP contribution in [0.25, 0.3) is 0 Å². The summed E-state index contributed by atoms with van der Waals surface area (Å²) >= 11 is 0. The molecule has 2 heterocycles. The summed E-state index contributed by atoms with van der Waals surface area (Å²) in [5, 5.41) is 3.19. The lowest BCUT2D eigenvalue weighted by Crippen LogP contribution is -2.35. The summed E-state index contributed by atoms with van der Waals surface area (Å²) in [5.41, 5.74) is 6.89. The van der Waals surface area contributed by atoms with Crippen molar-refractivity contribution in [3.63, 3.8) is 0 Å². The zero-order chi connectivity index (χ0) is 20.2. The highest BCUT2D eigenvalue weighted by Crippen LogP contribution is 2.46. The summed E-state index contributed by atoms with van der Waals surface area (Å²) in [7, 11) is 0. The molecule has 0 radical (unpaired) electrons. The first kappa shape index (κ1) is 19.4. The van der Waals surface area contributed by atoms with Gasteiger partial charge in [-0.25, -0.2) is 9.97 Å². The first-order valence-electron chi connectivity index (χ1n) is 10.3. The van der Waals surface area contributed by atoms with Crippen molar-refractivity contribution in [2.45, 2.75) is 38.1 Å². The Kier molecular flexibility index (Phi) is 5.74. The molecule has 1 aromatic heterocycles. The Morgan fingerprint density at radius 3 is 2.38 bits per heavy atom. The number of aryl methyl sites for hydroxylation is 1. The van der Waals surface area contributed by atoms with E-state index in [-0.39, 0.29) is 11.9 Å². The van der Waals surface area contributed by atoms with E-state index in [0.29, 0.717) is 29.8 Å². The molecule has 7 heteroatoms. The minimum atomic E-state index is -0.524. The number of fused-ring (bicyclic) bond motifs is 1. The molecule has 29 heavy (non-hydrogen) atoms. The molecular formula is C22H27N5O2. The Hall–Kier alpha value is -2.96. The number of nitrogens with zero attached hydrogens (tertiary/aromatic N) is 3. The van der Waals surface area contributed by atoms with E-state index in [1.165, 1.54) is 18.0 Å². The molecule has 3 N–H and O–H groups in total. The molecule has 2 aromatic rings. The summed E-state index contributed by atoms with van der Waals surface area (Å²) in [6.07, 6.45) is 7.74. The van der Waals surface area contributed by atoms with Crippen molar-refractivity contribution in [1.29, 1.82) is 0 Å². The van der Waals surface area contributed by atoms with Crippen molar-refractivity contribution in [3.05, 3.63) is 53.9 Å². The summed E-state index contributed by atoms with van der Waals surface area (Å²) < 4.78 is 0. The first-order valence-corrected chi connectivity index (χ1v) is 10.3. The number of amides is 2. The molecule has 2 amide bonds. The van der Waals surface area contributed by atoms with Gasteiger partial charge in [-0.15, -0.1) is 0 Å². The van der Waals surface area contributed by atoms with Crippen molar-refractivity contribution in [2.75, 3.05) is 18.0 Å². The Bertz CT molecular complexity index is 843. The number of aromatic nitrogens is 2. The fraction of sp³-hybridized carbons (Fsp3) is 0.455. The van der Waals surface area contributed by atoms with Crippen molar-refractivity contribution >= 4 is 17.8 Å². The molecule has 1 aliphatic carbocycles. The van der Waals surface area contributed by atoms with E-state index < -0.39 is 5.91 Å². The highest BCUT2D eigenvalue weighted by atomic mass is 16.2. The predicted molar refractivity (Wildman–Crippen MR) is 110 cm³/mol. The summed E-state index contributed by atoms with van der Waals surface area (Å²) in [6.45, 7) is 1.67. The van der Waals surface area contributed by atoms with Crippen LogP contribution in [-0.4, -0.2) is 40.9 Å². The van der Waals surface area contributed by atoms with E-state index in [0.717, 1.165) is 38.8 Å². The molecule has 1 saturated heterocycles. The molecule has 7 nitrogen and oxygen atoms in total. The van der Waals surface area contributed by atoms with Gasteiger partial charge in [-0.2, -0.15) is 0 Å². The fourth-order valence-corrected chi connectivity index (χ4v) is 4.21. The predicted octanol–water partition coefficient (Wildman–Crippen LogP) is 1.93. The van der Waals surface area contributed by atoms with Crippen LogP contribution < -0.4 is 16.0 Å². The van der Waals surface area contributed by atoms with Crippen molar-refractivity contribution in [3.8, 4) is 0 Å². The lowest BCUT2D eigenvalue weighted by Gasteiger charge is -2.20. The molecule has 0 spiro atoms. The number of rotatable bonds is 9. The van der Waals surface area contributed by atoms with Crippen LogP contribution in [0.5, 0.6) is 0 Å². The zero-order valence-electron chi connectivity index (χ0n) is 16.5. The summed E-state index contributed by atoms with van der Waals surface area (Å²) in [6, 6.07) is 10.8. The highest BCUT2D eigenvalue weighted by Gasteiger charge is 2.56. The van der Waals surface area contributed by atoms with E-state index >= 15 is 0 Å². The van der Waals surface area contributed by atoms with Gasteiger partial charge in [0.15, 0.2) is 0 Å². The number of nitrogens with one attached hydrogen (secondary N) is 1. The molecule has 1 aromatic carbocycles. The zero-order valence-corrected chi connectivity index (χ0v) is 16.5.